The van der Waals surface area contributed by atoms with Crippen LogP contribution in [0.15, 0.2) is 59.7 Å². The highest BCUT2D eigenvalue weighted by Crippen LogP contribution is 2.43. The van der Waals surface area contributed by atoms with Crippen molar-refractivity contribution in [2.75, 3.05) is 13.1 Å². The molecular weight excluding hydrogens is 506 g/mol. The number of nitrogens with one attached hydrogen (secondary N) is 1. The Morgan fingerprint density at radius 2 is 1.72 bits per heavy atom. The largest absolute Gasteiger partial charge is 0.440 e. The molecule has 6 rings (SSSR count). The van der Waals surface area contributed by atoms with Gasteiger partial charge in [-0.25, -0.2) is 23.4 Å². The van der Waals surface area contributed by atoms with Crippen LogP contribution in [-0.4, -0.2) is 43.6 Å². The number of fused-ring (bicyclic) bond motifs is 2. The van der Waals surface area contributed by atoms with Gasteiger partial charge in [0.05, 0.1) is 11.2 Å². The van der Waals surface area contributed by atoms with Crippen LogP contribution in [0.1, 0.15) is 66.6 Å². The van der Waals surface area contributed by atoms with Gasteiger partial charge in [-0.1, -0.05) is 18.2 Å². The smallest absolute Gasteiger partial charge is 0.410 e. The van der Waals surface area contributed by atoms with E-state index in [1.165, 1.54) is 6.07 Å². The molecule has 0 bridgehead atoms. The summed E-state index contributed by atoms with van der Waals surface area (Å²) < 4.78 is 36.4. The zero-order valence-electron chi connectivity index (χ0n) is 21.1. The van der Waals surface area contributed by atoms with Crippen LogP contribution in [-0.2, 0) is 4.74 Å². The zero-order valence-corrected chi connectivity index (χ0v) is 21.1. The van der Waals surface area contributed by atoms with Crippen molar-refractivity contribution in [2.45, 2.75) is 49.8 Å². The molecule has 39 heavy (non-hydrogen) atoms. The van der Waals surface area contributed by atoms with Gasteiger partial charge in [0.25, 0.3) is 0 Å². The Kier molecular flexibility index (Phi) is 6.59. The highest BCUT2D eigenvalue weighted by molar-refractivity contribution is 5.70. The number of nitrogens with two attached hydrogens (primary N) is 1. The molecule has 202 valence electrons. The van der Waals surface area contributed by atoms with Gasteiger partial charge in [0.1, 0.15) is 6.10 Å². The molecule has 0 unspecified atom stereocenters. The third kappa shape index (κ3) is 4.56. The topological polar surface area (TPSA) is 119 Å². The number of likely N-dealkylation sites (tertiary alicyclic amines) is 1. The maximum Gasteiger partial charge on any atom is 0.410 e. The summed E-state index contributed by atoms with van der Waals surface area (Å²) in [6.07, 6.45) is 3.99. The molecule has 0 saturated carbocycles. The second kappa shape index (κ2) is 10.2. The fourth-order valence-corrected chi connectivity index (χ4v) is 5.94. The van der Waals surface area contributed by atoms with E-state index in [0.29, 0.717) is 55.7 Å². The van der Waals surface area contributed by atoms with E-state index in [1.807, 2.05) is 6.07 Å². The minimum absolute atomic E-state index is 0.0697. The Morgan fingerprint density at radius 3 is 2.54 bits per heavy atom. The highest BCUT2D eigenvalue weighted by atomic mass is 19.2. The number of H-pyrrole nitrogens is 1. The summed E-state index contributed by atoms with van der Waals surface area (Å²) in [4.78, 5) is 38.9. The average Bonchev–Trinajstić information content (AvgIpc) is 3.23. The molecule has 11 heteroatoms. The SMILES string of the molecule is N[C@@H]1c2cccnc2[C@H](OC(=O)N2CCC(n3c(=O)[nH]c4ncccc43)CC2)CC[C@@H]1c1cccc(F)c1F. The standard InChI is InChI=1S/C28H28F2N6O3/c29-20-6-1-4-17(23(20)30)18-8-9-22(25-19(24(18)31)5-2-12-32-25)39-28(38)35-14-10-16(11-15-35)36-21-7-3-13-33-26(21)34-27(36)37/h1-7,12-13,16,18,22,24H,8-11,14-15,31H2,(H,33,34,37)/t18-,22-,24+/m1/s1. The lowest BCUT2D eigenvalue weighted by Gasteiger charge is -2.33. The summed E-state index contributed by atoms with van der Waals surface area (Å²) >= 11 is 0. The third-order valence-corrected chi connectivity index (χ3v) is 7.91. The summed E-state index contributed by atoms with van der Waals surface area (Å²) in [6.45, 7) is 0.836. The molecule has 3 aromatic heterocycles. The molecule has 3 N–H and O–H groups in total. The summed E-state index contributed by atoms with van der Waals surface area (Å²) in [5, 5.41) is 0. The van der Waals surface area contributed by atoms with E-state index in [-0.39, 0.29) is 17.3 Å². The van der Waals surface area contributed by atoms with Crippen LogP contribution in [0.4, 0.5) is 13.6 Å². The van der Waals surface area contributed by atoms with Gasteiger partial charge in [-0.05, 0) is 61.1 Å². The minimum Gasteiger partial charge on any atom is -0.440 e. The molecule has 3 atom stereocenters. The third-order valence-electron chi connectivity index (χ3n) is 7.91. The molecule has 1 aliphatic heterocycles. The van der Waals surface area contributed by atoms with Crippen molar-refractivity contribution in [3.8, 4) is 0 Å². The summed E-state index contributed by atoms with van der Waals surface area (Å²) in [5.41, 5.74) is 9.02. The van der Waals surface area contributed by atoms with Gasteiger partial charge in [0.15, 0.2) is 17.3 Å². The Bertz CT molecular complexity index is 1580. The Morgan fingerprint density at radius 1 is 0.974 bits per heavy atom. The van der Waals surface area contributed by atoms with E-state index in [2.05, 4.69) is 15.0 Å². The van der Waals surface area contributed by atoms with Gasteiger partial charge in [-0.15, -0.1) is 0 Å². The number of nitrogens with zero attached hydrogens (tertiary/aromatic N) is 4. The van der Waals surface area contributed by atoms with Crippen LogP contribution in [0.25, 0.3) is 11.2 Å². The number of rotatable bonds is 3. The molecule has 0 spiro atoms. The van der Waals surface area contributed by atoms with Gasteiger partial charge >= 0.3 is 11.8 Å². The van der Waals surface area contributed by atoms with Crippen molar-refractivity contribution in [3.05, 3.63) is 93.8 Å². The normalized spacial score (nSPS) is 21.9. The zero-order chi connectivity index (χ0) is 27.1. The number of imidazole rings is 1. The molecule has 1 aromatic carbocycles. The number of ether oxygens (including phenoxy) is 1. The van der Waals surface area contributed by atoms with E-state index < -0.39 is 35.8 Å². The first-order valence-electron chi connectivity index (χ1n) is 13.1. The number of hydrogen-bond donors (Lipinski definition) is 2. The number of halogens is 2. The second-order valence-electron chi connectivity index (χ2n) is 10.1. The first kappa shape index (κ1) is 25.2. The molecular formula is C28H28F2N6O3. The Labute approximate surface area is 222 Å². The number of piperidine rings is 1. The number of carbonyl (C=O) groups excluding carboxylic acids is 1. The van der Waals surface area contributed by atoms with Crippen LogP contribution in [0, 0.1) is 11.6 Å². The lowest BCUT2D eigenvalue weighted by atomic mass is 9.86. The number of carbonyl (C=O) groups is 1. The molecule has 9 nitrogen and oxygen atoms in total. The van der Waals surface area contributed by atoms with Crippen LogP contribution >= 0.6 is 0 Å². The minimum atomic E-state index is -0.923. The van der Waals surface area contributed by atoms with Crippen molar-refractivity contribution in [1.82, 2.24) is 24.4 Å². The van der Waals surface area contributed by atoms with E-state index in [1.54, 1.807) is 46.1 Å². The molecule has 1 aliphatic carbocycles. The molecule has 4 heterocycles. The molecule has 0 radical (unpaired) electrons. The predicted octanol–water partition coefficient (Wildman–Crippen LogP) is 4.49. The number of benzene rings is 1. The van der Waals surface area contributed by atoms with Gasteiger partial charge in [0.2, 0.25) is 0 Å². The first-order valence-corrected chi connectivity index (χ1v) is 13.1. The highest BCUT2D eigenvalue weighted by Gasteiger charge is 2.36. The number of aromatic amines is 1. The predicted molar refractivity (Wildman–Crippen MR) is 139 cm³/mol. The van der Waals surface area contributed by atoms with E-state index >= 15 is 0 Å². The van der Waals surface area contributed by atoms with Crippen molar-refractivity contribution in [1.29, 1.82) is 0 Å². The summed E-state index contributed by atoms with van der Waals surface area (Å²) in [7, 11) is 0. The Hall–Kier alpha value is -4.12. The fraction of sp³-hybridized carbons (Fsp3) is 0.357. The van der Waals surface area contributed by atoms with Crippen molar-refractivity contribution >= 4 is 17.3 Å². The molecule has 2 aliphatic rings. The van der Waals surface area contributed by atoms with Gasteiger partial charge in [-0.2, -0.15) is 0 Å². The molecule has 1 amide bonds. The maximum atomic E-state index is 14.7. The van der Waals surface area contributed by atoms with Crippen LogP contribution in [0.2, 0.25) is 0 Å². The lowest BCUT2D eigenvalue weighted by Crippen LogP contribution is -2.41. The maximum absolute atomic E-state index is 14.7. The van der Waals surface area contributed by atoms with Gasteiger partial charge in [-0.3, -0.25) is 14.5 Å². The number of aromatic nitrogens is 4. The number of pyridine rings is 2. The van der Waals surface area contributed by atoms with E-state index in [0.717, 1.165) is 11.6 Å². The van der Waals surface area contributed by atoms with Crippen molar-refractivity contribution in [3.63, 3.8) is 0 Å². The van der Waals surface area contributed by atoms with Crippen LogP contribution < -0.4 is 11.4 Å². The molecule has 1 fully saturated rings. The first-order chi connectivity index (χ1) is 18.9. The number of amides is 1. The monoisotopic (exact) mass is 534 g/mol. The lowest BCUT2D eigenvalue weighted by molar-refractivity contribution is 0.0472. The van der Waals surface area contributed by atoms with Gasteiger partial charge < -0.3 is 15.4 Å². The van der Waals surface area contributed by atoms with Crippen molar-refractivity contribution < 1.29 is 18.3 Å². The van der Waals surface area contributed by atoms with Gasteiger partial charge in [0, 0.05) is 43.5 Å². The summed E-state index contributed by atoms with van der Waals surface area (Å²) in [5.74, 6) is -2.34. The number of hydrogen-bond acceptors (Lipinski definition) is 6. The van der Waals surface area contributed by atoms with Crippen LogP contribution in [0.5, 0.6) is 0 Å². The van der Waals surface area contributed by atoms with E-state index in [9.17, 15) is 18.4 Å². The summed E-state index contributed by atoms with van der Waals surface area (Å²) in [6, 6.07) is 10.5. The fourth-order valence-electron chi connectivity index (χ4n) is 5.94. The molecule has 1 saturated heterocycles. The quantitative estimate of drug-likeness (QED) is 0.374. The van der Waals surface area contributed by atoms with E-state index in [4.69, 9.17) is 10.5 Å². The second-order valence-corrected chi connectivity index (χ2v) is 10.1. The average molecular weight is 535 g/mol. The van der Waals surface area contributed by atoms with Crippen LogP contribution in [0.3, 0.4) is 0 Å². The molecule has 4 aromatic rings. The Balaban J connectivity index is 1.18. The van der Waals surface area contributed by atoms with Crippen molar-refractivity contribution in [2.24, 2.45) is 5.73 Å².